The second-order valence-electron chi connectivity index (χ2n) is 6.00. The van der Waals surface area contributed by atoms with Crippen molar-refractivity contribution >= 4 is 12.6 Å². The quantitative estimate of drug-likeness (QED) is 0.655. The number of hydrogen-bond donors (Lipinski definition) is 1. The van der Waals surface area contributed by atoms with Crippen LogP contribution >= 0.6 is 12.6 Å². The lowest BCUT2D eigenvalue weighted by atomic mass is 9.80. The fourth-order valence-corrected chi connectivity index (χ4v) is 3.49. The monoisotopic (exact) mass is 294 g/mol. The predicted molar refractivity (Wildman–Crippen MR) is 91.5 cm³/mol. The minimum Gasteiger partial charge on any atom is -0.305 e. The summed E-state index contributed by atoms with van der Waals surface area (Å²) in [5.74, 6) is 0.994. The Balaban J connectivity index is 2.50. The van der Waals surface area contributed by atoms with Crippen LogP contribution in [0.25, 0.3) is 0 Å². The van der Waals surface area contributed by atoms with Gasteiger partial charge in [-0.05, 0) is 55.2 Å². The Kier molecular flexibility index (Phi) is 8.24. The Labute approximate surface area is 130 Å². The van der Waals surface area contributed by atoms with Crippen LogP contribution in [-0.2, 0) is 6.42 Å². The van der Waals surface area contributed by atoms with Gasteiger partial charge in [0, 0.05) is 25.5 Å². The topological polar surface area (TPSA) is 16.1 Å². The highest BCUT2D eigenvalue weighted by molar-refractivity contribution is 7.80. The first-order valence-corrected chi connectivity index (χ1v) is 8.47. The Morgan fingerprint density at radius 2 is 1.75 bits per heavy atom. The van der Waals surface area contributed by atoms with E-state index in [0.29, 0.717) is 5.41 Å². The van der Waals surface area contributed by atoms with Crippen molar-refractivity contribution in [2.45, 2.75) is 46.0 Å². The van der Waals surface area contributed by atoms with Crippen molar-refractivity contribution in [3.05, 3.63) is 30.1 Å². The molecule has 2 nitrogen and oxygen atoms in total. The van der Waals surface area contributed by atoms with Crippen molar-refractivity contribution in [3.8, 4) is 0 Å². The summed E-state index contributed by atoms with van der Waals surface area (Å²) in [6.07, 6.45) is 9.91. The molecule has 0 unspecified atom stereocenters. The van der Waals surface area contributed by atoms with E-state index in [1.807, 2.05) is 12.4 Å². The molecule has 0 saturated heterocycles. The van der Waals surface area contributed by atoms with E-state index in [4.69, 9.17) is 0 Å². The number of nitrogens with zero attached hydrogens (tertiary/aromatic N) is 2. The SMILES string of the molecule is CCCC(CS)(CCC)CN(C)CCc1ccncc1. The molecule has 1 heterocycles. The Morgan fingerprint density at radius 1 is 1.15 bits per heavy atom. The molecule has 20 heavy (non-hydrogen) atoms. The van der Waals surface area contributed by atoms with E-state index in [2.05, 4.69) is 55.5 Å². The summed E-state index contributed by atoms with van der Waals surface area (Å²) in [4.78, 5) is 6.54. The van der Waals surface area contributed by atoms with Crippen LogP contribution in [0.3, 0.4) is 0 Å². The molecule has 1 aromatic rings. The van der Waals surface area contributed by atoms with Crippen LogP contribution in [0.4, 0.5) is 0 Å². The van der Waals surface area contributed by atoms with Gasteiger partial charge in [0.05, 0.1) is 0 Å². The number of rotatable bonds is 10. The number of pyridine rings is 1. The van der Waals surface area contributed by atoms with Gasteiger partial charge in [-0.3, -0.25) is 4.98 Å². The van der Waals surface area contributed by atoms with Gasteiger partial charge in [-0.15, -0.1) is 0 Å². The van der Waals surface area contributed by atoms with Crippen LogP contribution < -0.4 is 0 Å². The molecule has 3 heteroatoms. The van der Waals surface area contributed by atoms with Crippen LogP contribution in [0.1, 0.15) is 45.1 Å². The highest BCUT2D eigenvalue weighted by Crippen LogP contribution is 2.32. The molecule has 0 fully saturated rings. The molecule has 1 aromatic heterocycles. The Hall–Kier alpha value is -0.540. The summed E-state index contributed by atoms with van der Waals surface area (Å²) in [5, 5.41) is 0. The molecule has 0 bridgehead atoms. The molecule has 1 rings (SSSR count). The fraction of sp³-hybridized carbons (Fsp3) is 0.706. The Bertz CT molecular complexity index is 347. The summed E-state index contributed by atoms with van der Waals surface area (Å²) < 4.78 is 0. The fourth-order valence-electron chi connectivity index (χ4n) is 3.07. The summed E-state index contributed by atoms with van der Waals surface area (Å²) >= 11 is 4.65. The van der Waals surface area contributed by atoms with Crippen LogP contribution in [0, 0.1) is 5.41 Å². The van der Waals surface area contributed by atoms with Crippen molar-refractivity contribution < 1.29 is 0 Å². The smallest absolute Gasteiger partial charge is 0.0270 e. The van der Waals surface area contributed by atoms with E-state index in [0.717, 1.165) is 25.3 Å². The van der Waals surface area contributed by atoms with Gasteiger partial charge in [0.1, 0.15) is 0 Å². The zero-order valence-electron chi connectivity index (χ0n) is 13.3. The standard InChI is InChI=1S/C17H30N2S/c1-4-9-17(15-20,10-5-2)14-19(3)13-8-16-6-11-18-12-7-16/h6-7,11-12,20H,4-5,8-10,13-15H2,1-3H3. The molecule has 0 amide bonds. The molecule has 0 aliphatic rings. The van der Waals surface area contributed by atoms with E-state index in [1.165, 1.54) is 31.2 Å². The summed E-state index contributed by atoms with van der Waals surface area (Å²) in [6, 6.07) is 4.22. The molecule has 0 atom stereocenters. The average molecular weight is 295 g/mol. The third-order valence-corrected chi connectivity index (χ3v) is 4.70. The third kappa shape index (κ3) is 5.84. The summed E-state index contributed by atoms with van der Waals surface area (Å²) in [6.45, 7) is 6.83. The zero-order valence-corrected chi connectivity index (χ0v) is 14.2. The van der Waals surface area contributed by atoms with Crippen LogP contribution in [0.15, 0.2) is 24.5 Å². The van der Waals surface area contributed by atoms with Crippen molar-refractivity contribution in [3.63, 3.8) is 0 Å². The molecule has 0 saturated carbocycles. The van der Waals surface area contributed by atoms with Gasteiger partial charge in [-0.25, -0.2) is 0 Å². The second kappa shape index (κ2) is 9.41. The molecular formula is C17H30N2S. The van der Waals surface area contributed by atoms with Crippen LogP contribution in [0.5, 0.6) is 0 Å². The highest BCUT2D eigenvalue weighted by Gasteiger charge is 2.28. The highest BCUT2D eigenvalue weighted by atomic mass is 32.1. The first-order valence-electron chi connectivity index (χ1n) is 7.84. The maximum absolute atomic E-state index is 4.65. The summed E-state index contributed by atoms with van der Waals surface area (Å²) in [7, 11) is 2.24. The van der Waals surface area contributed by atoms with E-state index in [-0.39, 0.29) is 0 Å². The van der Waals surface area contributed by atoms with Gasteiger partial charge < -0.3 is 4.90 Å². The van der Waals surface area contributed by atoms with Gasteiger partial charge in [0.25, 0.3) is 0 Å². The molecule has 0 aliphatic heterocycles. The first kappa shape index (κ1) is 17.5. The molecule has 0 N–H and O–H groups in total. The third-order valence-electron chi connectivity index (χ3n) is 4.03. The van der Waals surface area contributed by atoms with Crippen molar-refractivity contribution in [1.82, 2.24) is 9.88 Å². The van der Waals surface area contributed by atoms with Gasteiger partial charge in [-0.2, -0.15) is 12.6 Å². The van der Waals surface area contributed by atoms with E-state index >= 15 is 0 Å². The number of thiol groups is 1. The lowest BCUT2D eigenvalue weighted by Gasteiger charge is -2.36. The number of likely N-dealkylation sites (N-methyl/N-ethyl adjacent to an activating group) is 1. The van der Waals surface area contributed by atoms with Gasteiger partial charge in [0.2, 0.25) is 0 Å². The van der Waals surface area contributed by atoms with E-state index < -0.39 is 0 Å². The normalized spacial score (nSPS) is 12.1. The van der Waals surface area contributed by atoms with E-state index in [1.54, 1.807) is 0 Å². The maximum Gasteiger partial charge on any atom is 0.0270 e. The van der Waals surface area contributed by atoms with Gasteiger partial charge in [0.15, 0.2) is 0 Å². The minimum absolute atomic E-state index is 0.388. The lowest BCUT2D eigenvalue weighted by Crippen LogP contribution is -2.38. The van der Waals surface area contributed by atoms with Crippen LogP contribution in [0.2, 0.25) is 0 Å². The zero-order chi connectivity index (χ0) is 14.8. The van der Waals surface area contributed by atoms with Crippen LogP contribution in [-0.4, -0.2) is 35.8 Å². The Morgan fingerprint density at radius 3 is 2.25 bits per heavy atom. The van der Waals surface area contributed by atoms with Gasteiger partial charge in [-0.1, -0.05) is 26.7 Å². The van der Waals surface area contributed by atoms with Crippen molar-refractivity contribution in [2.24, 2.45) is 5.41 Å². The van der Waals surface area contributed by atoms with Crippen molar-refractivity contribution in [1.29, 1.82) is 0 Å². The number of aromatic nitrogens is 1. The molecule has 0 aromatic carbocycles. The average Bonchev–Trinajstić information content (AvgIpc) is 2.46. The predicted octanol–water partition coefficient (Wildman–Crippen LogP) is 4.07. The molecule has 0 radical (unpaired) electrons. The van der Waals surface area contributed by atoms with E-state index in [9.17, 15) is 0 Å². The van der Waals surface area contributed by atoms with Gasteiger partial charge >= 0.3 is 0 Å². The second-order valence-corrected chi connectivity index (χ2v) is 6.32. The lowest BCUT2D eigenvalue weighted by molar-refractivity contribution is 0.171. The summed E-state index contributed by atoms with van der Waals surface area (Å²) in [5.41, 5.74) is 1.76. The minimum atomic E-state index is 0.388. The molecule has 0 spiro atoms. The largest absolute Gasteiger partial charge is 0.305 e. The number of hydrogen-bond acceptors (Lipinski definition) is 3. The molecule has 114 valence electrons. The maximum atomic E-state index is 4.65. The molecule has 0 aliphatic carbocycles. The first-order chi connectivity index (χ1) is 9.65. The molecular weight excluding hydrogens is 264 g/mol. The van der Waals surface area contributed by atoms with Crippen molar-refractivity contribution in [2.75, 3.05) is 25.9 Å².